The van der Waals surface area contributed by atoms with Crippen LogP contribution in [0, 0.1) is 0 Å². The van der Waals surface area contributed by atoms with E-state index in [0.717, 1.165) is 36.3 Å². The van der Waals surface area contributed by atoms with Crippen molar-refractivity contribution in [2.24, 2.45) is 0 Å². The molecule has 1 saturated heterocycles. The van der Waals surface area contributed by atoms with Crippen molar-refractivity contribution in [3.8, 4) is 0 Å². The van der Waals surface area contributed by atoms with Crippen LogP contribution in [0.5, 0.6) is 0 Å². The minimum absolute atomic E-state index is 0.292. The number of anilines is 2. The summed E-state index contributed by atoms with van der Waals surface area (Å²) >= 11 is 3.45. The van der Waals surface area contributed by atoms with Crippen LogP contribution in [-0.4, -0.2) is 34.0 Å². The van der Waals surface area contributed by atoms with E-state index in [-0.39, 0.29) is 0 Å². The second-order valence-electron chi connectivity index (χ2n) is 5.28. The average Bonchev–Trinajstić information content (AvgIpc) is 2.91. The molecule has 110 valence electrons. The fourth-order valence-electron chi connectivity index (χ4n) is 2.61. The molecule has 21 heavy (non-hydrogen) atoms. The Balaban J connectivity index is 1.58. The maximum Gasteiger partial charge on any atom is 0.221 e. The van der Waals surface area contributed by atoms with E-state index < -0.39 is 0 Å². The summed E-state index contributed by atoms with van der Waals surface area (Å²) in [5, 5.41) is 3.45. The van der Waals surface area contributed by atoms with E-state index in [9.17, 15) is 0 Å². The molecular formula is C15H18BrN5. The molecule has 0 spiro atoms. The first-order chi connectivity index (χ1) is 10.2. The van der Waals surface area contributed by atoms with E-state index in [1.807, 2.05) is 0 Å². The van der Waals surface area contributed by atoms with Crippen molar-refractivity contribution < 1.29 is 0 Å². The molecule has 0 amide bonds. The molecule has 0 aliphatic carbocycles. The summed E-state index contributed by atoms with van der Waals surface area (Å²) in [5.41, 5.74) is 6.99. The highest BCUT2D eigenvalue weighted by atomic mass is 79.9. The number of hydrogen-bond acceptors (Lipinski definition) is 5. The molecule has 2 heterocycles. The van der Waals surface area contributed by atoms with Crippen LogP contribution in [0.3, 0.4) is 0 Å². The normalized spacial score (nSPS) is 18.8. The molecular weight excluding hydrogens is 330 g/mol. The molecule has 0 radical (unpaired) electrons. The van der Waals surface area contributed by atoms with E-state index in [0.29, 0.717) is 12.0 Å². The van der Waals surface area contributed by atoms with Gasteiger partial charge in [-0.1, -0.05) is 30.3 Å². The zero-order valence-electron chi connectivity index (χ0n) is 11.7. The summed E-state index contributed by atoms with van der Waals surface area (Å²) in [6.45, 7) is 3.09. The highest BCUT2D eigenvalue weighted by molar-refractivity contribution is 9.10. The average molecular weight is 348 g/mol. The first kappa shape index (κ1) is 14.3. The summed E-state index contributed by atoms with van der Waals surface area (Å²) in [5.74, 6) is 1.06. The lowest BCUT2D eigenvalue weighted by Gasteiger charge is -2.17. The van der Waals surface area contributed by atoms with Crippen molar-refractivity contribution in [2.45, 2.75) is 19.0 Å². The third kappa shape index (κ3) is 3.71. The summed E-state index contributed by atoms with van der Waals surface area (Å²) < 4.78 is 0.846. The molecule has 3 N–H and O–H groups in total. The predicted molar refractivity (Wildman–Crippen MR) is 87.9 cm³/mol. The Morgan fingerprint density at radius 1 is 1.33 bits per heavy atom. The van der Waals surface area contributed by atoms with Crippen molar-refractivity contribution in [1.29, 1.82) is 0 Å². The number of nitrogens with zero attached hydrogens (tertiary/aromatic N) is 3. The van der Waals surface area contributed by atoms with Gasteiger partial charge in [-0.3, -0.25) is 4.90 Å². The second kappa shape index (κ2) is 6.41. The Morgan fingerprint density at radius 3 is 2.95 bits per heavy atom. The standard InChI is InChI=1S/C15H18BrN5/c16-13-8-18-15(17)20-14(13)19-12-6-7-21(10-12)9-11-4-2-1-3-5-11/h1-5,8,12H,6-7,9-10H2,(H3,17,18,19,20). The number of hydrogen-bond donors (Lipinski definition) is 2. The van der Waals surface area contributed by atoms with Gasteiger partial charge in [0, 0.05) is 31.9 Å². The van der Waals surface area contributed by atoms with E-state index in [4.69, 9.17) is 5.73 Å². The number of halogens is 1. The quantitative estimate of drug-likeness (QED) is 0.889. The maximum absolute atomic E-state index is 5.64. The number of likely N-dealkylation sites (tertiary alicyclic amines) is 1. The van der Waals surface area contributed by atoms with Crippen LogP contribution in [0.4, 0.5) is 11.8 Å². The topological polar surface area (TPSA) is 67.1 Å². The van der Waals surface area contributed by atoms with E-state index in [2.05, 4.69) is 66.4 Å². The lowest BCUT2D eigenvalue weighted by Crippen LogP contribution is -2.26. The van der Waals surface area contributed by atoms with Gasteiger partial charge in [0.2, 0.25) is 5.95 Å². The largest absolute Gasteiger partial charge is 0.368 e. The van der Waals surface area contributed by atoms with Crippen LogP contribution in [0.2, 0.25) is 0 Å². The molecule has 0 bridgehead atoms. The minimum atomic E-state index is 0.292. The molecule has 1 atom stereocenters. The molecule has 1 aromatic heterocycles. The van der Waals surface area contributed by atoms with Gasteiger partial charge in [0.05, 0.1) is 4.47 Å². The molecule has 3 rings (SSSR count). The fourth-order valence-corrected chi connectivity index (χ4v) is 2.92. The number of rotatable bonds is 4. The first-order valence-electron chi connectivity index (χ1n) is 7.01. The zero-order valence-corrected chi connectivity index (χ0v) is 13.3. The van der Waals surface area contributed by atoms with Gasteiger partial charge >= 0.3 is 0 Å². The zero-order chi connectivity index (χ0) is 14.7. The molecule has 1 unspecified atom stereocenters. The molecule has 1 aromatic carbocycles. The highest BCUT2D eigenvalue weighted by Gasteiger charge is 2.23. The Kier molecular flexibility index (Phi) is 4.36. The van der Waals surface area contributed by atoms with E-state index in [1.54, 1.807) is 6.20 Å². The van der Waals surface area contributed by atoms with Gasteiger partial charge in [0.15, 0.2) is 0 Å². The molecule has 1 fully saturated rings. The third-order valence-corrected chi connectivity index (χ3v) is 4.21. The van der Waals surface area contributed by atoms with Gasteiger partial charge in [0.1, 0.15) is 5.82 Å². The summed E-state index contributed by atoms with van der Waals surface area (Å²) in [6.07, 6.45) is 2.78. The Bertz CT molecular complexity index is 604. The van der Waals surface area contributed by atoms with Crippen LogP contribution in [0.15, 0.2) is 41.0 Å². The van der Waals surface area contributed by atoms with Gasteiger partial charge in [-0.2, -0.15) is 4.98 Å². The first-order valence-corrected chi connectivity index (χ1v) is 7.81. The van der Waals surface area contributed by atoms with Crippen molar-refractivity contribution >= 4 is 27.7 Å². The van der Waals surface area contributed by atoms with Crippen molar-refractivity contribution in [3.05, 3.63) is 46.6 Å². The number of nitrogens with two attached hydrogens (primary N) is 1. The molecule has 5 nitrogen and oxygen atoms in total. The molecule has 0 saturated carbocycles. The van der Waals surface area contributed by atoms with E-state index >= 15 is 0 Å². The summed E-state index contributed by atoms with van der Waals surface area (Å²) in [6, 6.07) is 10.9. The van der Waals surface area contributed by atoms with Crippen LogP contribution in [0.25, 0.3) is 0 Å². The van der Waals surface area contributed by atoms with Crippen molar-refractivity contribution in [1.82, 2.24) is 14.9 Å². The van der Waals surface area contributed by atoms with Gasteiger partial charge in [0.25, 0.3) is 0 Å². The number of nitrogen functional groups attached to an aromatic ring is 1. The van der Waals surface area contributed by atoms with Crippen molar-refractivity contribution in [2.75, 3.05) is 24.1 Å². The number of nitrogens with one attached hydrogen (secondary N) is 1. The van der Waals surface area contributed by atoms with Crippen LogP contribution < -0.4 is 11.1 Å². The molecule has 6 heteroatoms. The Labute approximate surface area is 132 Å². The Morgan fingerprint density at radius 2 is 2.14 bits per heavy atom. The van der Waals surface area contributed by atoms with Crippen LogP contribution in [-0.2, 0) is 6.54 Å². The lowest BCUT2D eigenvalue weighted by molar-refractivity contribution is 0.328. The predicted octanol–water partition coefficient (Wildman–Crippen LogP) is 2.51. The number of benzene rings is 1. The van der Waals surface area contributed by atoms with Crippen LogP contribution in [0.1, 0.15) is 12.0 Å². The van der Waals surface area contributed by atoms with Gasteiger partial charge in [-0.05, 0) is 27.9 Å². The monoisotopic (exact) mass is 347 g/mol. The minimum Gasteiger partial charge on any atom is -0.368 e. The van der Waals surface area contributed by atoms with Crippen molar-refractivity contribution in [3.63, 3.8) is 0 Å². The fraction of sp³-hybridized carbons (Fsp3) is 0.333. The Hall–Kier alpha value is -1.66. The summed E-state index contributed by atoms with van der Waals surface area (Å²) in [4.78, 5) is 10.6. The van der Waals surface area contributed by atoms with Gasteiger partial charge < -0.3 is 11.1 Å². The summed E-state index contributed by atoms with van der Waals surface area (Å²) in [7, 11) is 0. The second-order valence-corrected chi connectivity index (χ2v) is 6.13. The van der Waals surface area contributed by atoms with Gasteiger partial charge in [-0.15, -0.1) is 0 Å². The smallest absolute Gasteiger partial charge is 0.221 e. The highest BCUT2D eigenvalue weighted by Crippen LogP contribution is 2.23. The lowest BCUT2D eigenvalue weighted by atomic mass is 10.2. The third-order valence-electron chi connectivity index (χ3n) is 3.62. The number of aromatic nitrogens is 2. The van der Waals surface area contributed by atoms with Gasteiger partial charge in [-0.25, -0.2) is 4.98 Å². The van der Waals surface area contributed by atoms with Crippen LogP contribution >= 0.6 is 15.9 Å². The molecule has 1 aliphatic heterocycles. The maximum atomic E-state index is 5.64. The van der Waals surface area contributed by atoms with E-state index in [1.165, 1.54) is 5.56 Å². The molecule has 1 aliphatic rings. The SMILES string of the molecule is Nc1ncc(Br)c(NC2CCN(Cc3ccccc3)C2)n1. The molecule has 2 aromatic rings.